The van der Waals surface area contributed by atoms with E-state index in [1.807, 2.05) is 53.9 Å². The number of anilines is 1. The second-order valence-electron chi connectivity index (χ2n) is 6.04. The minimum atomic E-state index is -0.110. The predicted molar refractivity (Wildman–Crippen MR) is 97.7 cm³/mol. The summed E-state index contributed by atoms with van der Waals surface area (Å²) in [6.45, 7) is 6.35. The lowest BCUT2D eigenvalue weighted by Gasteiger charge is -2.15. The molecule has 24 heavy (non-hydrogen) atoms. The van der Waals surface area contributed by atoms with E-state index in [4.69, 9.17) is 0 Å². The van der Waals surface area contributed by atoms with Gasteiger partial charge in [0.2, 0.25) is 0 Å². The van der Waals surface area contributed by atoms with E-state index in [1.54, 1.807) is 0 Å². The van der Waals surface area contributed by atoms with Gasteiger partial charge in [0.05, 0.1) is 5.69 Å². The van der Waals surface area contributed by atoms with Gasteiger partial charge in [-0.1, -0.05) is 45.0 Å². The lowest BCUT2D eigenvalue weighted by atomic mass is 9.97. The summed E-state index contributed by atoms with van der Waals surface area (Å²) in [6.07, 6.45) is 3.64. The summed E-state index contributed by atoms with van der Waals surface area (Å²) in [6, 6.07) is 13.8. The van der Waals surface area contributed by atoms with Crippen molar-refractivity contribution in [2.45, 2.75) is 39.5 Å². The molecule has 0 saturated heterocycles. The highest BCUT2D eigenvalue weighted by molar-refractivity contribution is 6.05. The van der Waals surface area contributed by atoms with Gasteiger partial charge < -0.3 is 5.32 Å². The van der Waals surface area contributed by atoms with Gasteiger partial charge in [-0.2, -0.15) is 0 Å². The fourth-order valence-corrected chi connectivity index (χ4v) is 2.97. The summed E-state index contributed by atoms with van der Waals surface area (Å²) in [5.74, 6) is 0.288. The first-order valence-electron chi connectivity index (χ1n) is 8.51. The molecule has 3 aromatic rings. The Kier molecular flexibility index (Phi) is 4.65. The number of carbonyl (C=O) groups excluding carboxylic acids is 1. The topological polar surface area (TPSA) is 46.4 Å². The highest BCUT2D eigenvalue weighted by atomic mass is 16.2. The Hall–Kier alpha value is -2.62. The van der Waals surface area contributed by atoms with Crippen LogP contribution in [0.2, 0.25) is 0 Å². The number of amides is 1. The number of imidazole rings is 1. The van der Waals surface area contributed by atoms with E-state index < -0.39 is 0 Å². The van der Waals surface area contributed by atoms with E-state index >= 15 is 0 Å². The van der Waals surface area contributed by atoms with Crippen LogP contribution in [0.4, 0.5) is 5.69 Å². The van der Waals surface area contributed by atoms with Crippen molar-refractivity contribution in [3.8, 4) is 0 Å². The summed E-state index contributed by atoms with van der Waals surface area (Å²) in [5.41, 5.74) is 4.28. The van der Waals surface area contributed by atoms with Crippen molar-refractivity contribution in [2.24, 2.45) is 0 Å². The van der Waals surface area contributed by atoms with Crippen molar-refractivity contribution in [1.82, 2.24) is 9.38 Å². The fraction of sp³-hybridized carbons (Fsp3) is 0.300. The van der Waals surface area contributed by atoms with Crippen LogP contribution in [-0.2, 0) is 6.42 Å². The maximum atomic E-state index is 13.0. The van der Waals surface area contributed by atoms with Crippen LogP contribution in [0.1, 0.15) is 54.9 Å². The normalized spacial score (nSPS) is 12.3. The van der Waals surface area contributed by atoms with Crippen LogP contribution in [0.5, 0.6) is 0 Å². The minimum absolute atomic E-state index is 0.110. The number of rotatable bonds is 5. The SMILES string of the molecule is CCc1nc2ccccn2c1C(=O)Nc1ccccc1C(C)CC. The van der Waals surface area contributed by atoms with E-state index in [0.717, 1.165) is 29.9 Å². The summed E-state index contributed by atoms with van der Waals surface area (Å²) < 4.78 is 1.86. The van der Waals surface area contributed by atoms with Gasteiger partial charge in [0.1, 0.15) is 11.3 Å². The number of hydrogen-bond acceptors (Lipinski definition) is 2. The number of benzene rings is 1. The lowest BCUT2D eigenvalue weighted by Crippen LogP contribution is -2.17. The number of aromatic nitrogens is 2. The molecule has 0 spiro atoms. The Morgan fingerprint density at radius 2 is 1.92 bits per heavy atom. The average molecular weight is 321 g/mol. The number of aryl methyl sites for hydroxylation is 1. The molecular weight excluding hydrogens is 298 g/mol. The first-order valence-corrected chi connectivity index (χ1v) is 8.51. The molecule has 0 aliphatic heterocycles. The van der Waals surface area contributed by atoms with E-state index in [2.05, 4.69) is 30.2 Å². The third kappa shape index (κ3) is 2.92. The number of carbonyl (C=O) groups is 1. The van der Waals surface area contributed by atoms with Crippen molar-refractivity contribution >= 4 is 17.2 Å². The zero-order chi connectivity index (χ0) is 17.1. The molecule has 0 fully saturated rings. The maximum Gasteiger partial charge on any atom is 0.274 e. The summed E-state index contributed by atoms with van der Waals surface area (Å²) in [4.78, 5) is 17.5. The molecule has 1 N–H and O–H groups in total. The number of pyridine rings is 1. The molecule has 124 valence electrons. The van der Waals surface area contributed by atoms with Gasteiger partial charge in [0.25, 0.3) is 5.91 Å². The van der Waals surface area contributed by atoms with Crippen molar-refractivity contribution in [1.29, 1.82) is 0 Å². The highest BCUT2D eigenvalue weighted by Gasteiger charge is 2.19. The predicted octanol–water partition coefficient (Wildman–Crippen LogP) is 4.66. The van der Waals surface area contributed by atoms with Crippen molar-refractivity contribution in [3.63, 3.8) is 0 Å². The summed E-state index contributed by atoms with van der Waals surface area (Å²) in [5, 5.41) is 3.10. The molecule has 4 heteroatoms. The maximum absolute atomic E-state index is 13.0. The van der Waals surface area contributed by atoms with E-state index in [9.17, 15) is 4.79 Å². The molecule has 4 nitrogen and oxygen atoms in total. The second-order valence-corrected chi connectivity index (χ2v) is 6.04. The van der Waals surface area contributed by atoms with Gasteiger partial charge in [-0.15, -0.1) is 0 Å². The minimum Gasteiger partial charge on any atom is -0.320 e. The second kappa shape index (κ2) is 6.87. The molecule has 0 saturated carbocycles. The average Bonchev–Trinajstić information content (AvgIpc) is 3.00. The van der Waals surface area contributed by atoms with Gasteiger partial charge in [-0.05, 0) is 42.5 Å². The van der Waals surface area contributed by atoms with Crippen molar-refractivity contribution in [2.75, 3.05) is 5.32 Å². The van der Waals surface area contributed by atoms with Crippen LogP contribution >= 0.6 is 0 Å². The van der Waals surface area contributed by atoms with Crippen LogP contribution in [-0.4, -0.2) is 15.3 Å². The van der Waals surface area contributed by atoms with Crippen molar-refractivity contribution in [3.05, 3.63) is 65.6 Å². The Morgan fingerprint density at radius 3 is 2.67 bits per heavy atom. The zero-order valence-electron chi connectivity index (χ0n) is 14.4. The molecule has 2 heterocycles. The Bertz CT molecular complexity index is 866. The molecule has 1 aromatic carbocycles. The molecule has 1 amide bonds. The molecule has 0 aliphatic rings. The molecule has 1 unspecified atom stereocenters. The van der Waals surface area contributed by atoms with Gasteiger partial charge in [0.15, 0.2) is 0 Å². The van der Waals surface area contributed by atoms with E-state index in [0.29, 0.717) is 11.6 Å². The van der Waals surface area contributed by atoms with Crippen LogP contribution in [0.15, 0.2) is 48.7 Å². The monoisotopic (exact) mass is 321 g/mol. The fourth-order valence-electron chi connectivity index (χ4n) is 2.97. The lowest BCUT2D eigenvalue weighted by molar-refractivity contribution is 0.102. The van der Waals surface area contributed by atoms with Crippen LogP contribution < -0.4 is 5.32 Å². The molecule has 2 aromatic heterocycles. The van der Waals surface area contributed by atoms with Gasteiger partial charge in [-0.3, -0.25) is 9.20 Å². The summed E-state index contributed by atoms with van der Waals surface area (Å²) in [7, 11) is 0. The molecular formula is C20H23N3O. The third-order valence-electron chi connectivity index (χ3n) is 4.50. The Labute approximate surface area is 142 Å². The van der Waals surface area contributed by atoms with E-state index in [-0.39, 0.29) is 5.91 Å². The number of nitrogens with zero attached hydrogens (tertiary/aromatic N) is 2. The molecule has 3 rings (SSSR count). The standard InChI is InChI=1S/C20H23N3O/c1-4-14(3)15-10-6-7-11-17(15)22-20(24)19-16(5-2)21-18-12-8-9-13-23(18)19/h6-14H,4-5H2,1-3H3,(H,22,24). The number of nitrogens with one attached hydrogen (secondary N) is 1. The van der Waals surface area contributed by atoms with Crippen LogP contribution in [0.25, 0.3) is 5.65 Å². The van der Waals surface area contributed by atoms with E-state index in [1.165, 1.54) is 5.56 Å². The Morgan fingerprint density at radius 1 is 1.17 bits per heavy atom. The first kappa shape index (κ1) is 16.2. The summed E-state index contributed by atoms with van der Waals surface area (Å²) >= 11 is 0. The van der Waals surface area contributed by atoms with Gasteiger partial charge in [-0.25, -0.2) is 4.98 Å². The highest BCUT2D eigenvalue weighted by Crippen LogP contribution is 2.27. The Balaban J connectivity index is 2.00. The number of hydrogen-bond donors (Lipinski definition) is 1. The number of para-hydroxylation sites is 1. The smallest absolute Gasteiger partial charge is 0.274 e. The van der Waals surface area contributed by atoms with Gasteiger partial charge in [0, 0.05) is 11.9 Å². The van der Waals surface area contributed by atoms with Crippen LogP contribution in [0, 0.1) is 0 Å². The zero-order valence-corrected chi connectivity index (χ0v) is 14.4. The van der Waals surface area contributed by atoms with Crippen LogP contribution in [0.3, 0.4) is 0 Å². The quantitative estimate of drug-likeness (QED) is 0.742. The van der Waals surface area contributed by atoms with Gasteiger partial charge >= 0.3 is 0 Å². The largest absolute Gasteiger partial charge is 0.320 e. The van der Waals surface area contributed by atoms with Crippen molar-refractivity contribution < 1.29 is 4.79 Å². The third-order valence-corrected chi connectivity index (χ3v) is 4.50. The molecule has 0 radical (unpaired) electrons. The number of fused-ring (bicyclic) bond motifs is 1. The first-order chi connectivity index (χ1) is 11.7. The molecule has 0 aliphatic carbocycles. The molecule has 0 bridgehead atoms. The molecule has 1 atom stereocenters.